The van der Waals surface area contributed by atoms with Crippen LogP contribution in [0.3, 0.4) is 0 Å². The summed E-state index contributed by atoms with van der Waals surface area (Å²) in [6.45, 7) is 1.16. The lowest BCUT2D eigenvalue weighted by Gasteiger charge is -2.01. The summed E-state index contributed by atoms with van der Waals surface area (Å²) in [4.78, 5) is 0. The first kappa shape index (κ1) is 9.23. The molecule has 66 valence electrons. The molecule has 0 aromatic heterocycles. The maximum absolute atomic E-state index is 8.73. The number of hydrogen-bond acceptors (Lipinski definition) is 1. The highest BCUT2D eigenvalue weighted by molar-refractivity contribution is 5.23. The third-order valence-corrected chi connectivity index (χ3v) is 1.86. The van der Waals surface area contributed by atoms with Gasteiger partial charge in [-0.05, 0) is 17.5 Å². The Labute approximate surface area is 73.0 Å². The van der Waals surface area contributed by atoms with Crippen molar-refractivity contribution in [2.75, 3.05) is 13.2 Å². The van der Waals surface area contributed by atoms with Gasteiger partial charge >= 0.3 is 0 Å². The molecule has 1 aromatic rings. The average molecular weight is 166 g/mol. The van der Waals surface area contributed by atoms with Crippen molar-refractivity contribution in [3.05, 3.63) is 35.4 Å². The first-order valence-corrected chi connectivity index (χ1v) is 4.34. The summed E-state index contributed by atoms with van der Waals surface area (Å²) < 4.78 is 0. The molecule has 1 rings (SSSR count). The molecule has 0 saturated heterocycles. The van der Waals surface area contributed by atoms with E-state index in [-0.39, 0.29) is 6.61 Å². The van der Waals surface area contributed by atoms with Gasteiger partial charge in [-0.2, -0.15) is 0 Å². The molecule has 0 spiro atoms. The number of quaternary nitrogens is 1. The summed E-state index contributed by atoms with van der Waals surface area (Å²) in [7, 11) is 0. The van der Waals surface area contributed by atoms with E-state index in [2.05, 4.69) is 17.9 Å². The topological polar surface area (TPSA) is 47.9 Å². The van der Waals surface area contributed by atoms with Crippen LogP contribution in [0.1, 0.15) is 11.1 Å². The second-order valence-electron chi connectivity index (χ2n) is 2.90. The summed E-state index contributed by atoms with van der Waals surface area (Å²) in [5, 5.41) is 8.73. The Bertz CT molecular complexity index is 214. The maximum Gasteiger partial charge on any atom is 0.0780 e. The first-order chi connectivity index (χ1) is 5.86. The largest absolute Gasteiger partial charge is 0.396 e. The van der Waals surface area contributed by atoms with Gasteiger partial charge < -0.3 is 10.8 Å². The van der Waals surface area contributed by atoms with Crippen LogP contribution in [0, 0.1) is 0 Å². The second-order valence-corrected chi connectivity index (χ2v) is 2.90. The lowest BCUT2D eigenvalue weighted by Crippen LogP contribution is -2.51. The molecule has 0 heterocycles. The fourth-order valence-corrected chi connectivity index (χ4v) is 1.27. The Morgan fingerprint density at radius 3 is 2.42 bits per heavy atom. The van der Waals surface area contributed by atoms with E-state index in [4.69, 9.17) is 5.11 Å². The van der Waals surface area contributed by atoms with Gasteiger partial charge in [-0.3, -0.25) is 0 Å². The molecule has 1 aromatic carbocycles. The van der Waals surface area contributed by atoms with E-state index < -0.39 is 0 Å². The molecule has 0 amide bonds. The Morgan fingerprint density at radius 1 is 1.17 bits per heavy atom. The van der Waals surface area contributed by atoms with E-state index in [0.717, 1.165) is 19.4 Å². The Kier molecular flexibility index (Phi) is 3.77. The van der Waals surface area contributed by atoms with E-state index in [1.54, 1.807) is 0 Å². The lowest BCUT2D eigenvalue weighted by atomic mass is 10.1. The maximum atomic E-state index is 8.73. The smallest absolute Gasteiger partial charge is 0.0780 e. The summed E-state index contributed by atoms with van der Waals surface area (Å²) in [6, 6.07) is 8.33. The van der Waals surface area contributed by atoms with Crippen LogP contribution in [-0.2, 0) is 12.8 Å². The number of hydrogen-bond donors (Lipinski definition) is 2. The Morgan fingerprint density at radius 2 is 1.83 bits per heavy atom. The van der Waals surface area contributed by atoms with Gasteiger partial charge in [0.1, 0.15) is 0 Å². The molecule has 0 aliphatic heterocycles. The van der Waals surface area contributed by atoms with Gasteiger partial charge in [0, 0.05) is 13.0 Å². The van der Waals surface area contributed by atoms with Gasteiger partial charge in [0.15, 0.2) is 0 Å². The third kappa shape index (κ3) is 2.64. The second kappa shape index (κ2) is 4.91. The van der Waals surface area contributed by atoms with Gasteiger partial charge in [0.05, 0.1) is 6.54 Å². The average Bonchev–Trinajstić information content (AvgIpc) is 2.06. The highest BCUT2D eigenvalue weighted by Crippen LogP contribution is 2.05. The molecule has 0 fully saturated rings. The number of aliphatic hydroxyl groups is 1. The highest BCUT2D eigenvalue weighted by Gasteiger charge is 1.94. The van der Waals surface area contributed by atoms with Gasteiger partial charge in [-0.1, -0.05) is 24.3 Å². The zero-order chi connectivity index (χ0) is 8.81. The SMILES string of the molecule is [NH3+]CCc1cccc(CCO)c1. The Hall–Kier alpha value is -0.860. The number of rotatable bonds is 4. The highest BCUT2D eigenvalue weighted by atomic mass is 16.2. The molecule has 4 N–H and O–H groups in total. The summed E-state index contributed by atoms with van der Waals surface area (Å²) in [5.41, 5.74) is 6.33. The van der Waals surface area contributed by atoms with E-state index in [1.165, 1.54) is 11.1 Å². The molecule has 0 bridgehead atoms. The van der Waals surface area contributed by atoms with Crippen LogP contribution in [0.4, 0.5) is 0 Å². The lowest BCUT2D eigenvalue weighted by molar-refractivity contribution is -0.366. The number of benzene rings is 1. The van der Waals surface area contributed by atoms with Gasteiger partial charge in [0.25, 0.3) is 0 Å². The minimum atomic E-state index is 0.230. The monoisotopic (exact) mass is 166 g/mol. The van der Waals surface area contributed by atoms with Crippen molar-refractivity contribution in [3.63, 3.8) is 0 Å². The van der Waals surface area contributed by atoms with E-state index in [9.17, 15) is 0 Å². The fraction of sp³-hybridized carbons (Fsp3) is 0.400. The van der Waals surface area contributed by atoms with Crippen molar-refractivity contribution < 1.29 is 10.8 Å². The molecule has 0 aliphatic carbocycles. The predicted octanol–water partition coefficient (Wildman–Crippen LogP) is 0.00580. The van der Waals surface area contributed by atoms with Crippen LogP contribution in [-0.4, -0.2) is 18.3 Å². The molecule has 12 heavy (non-hydrogen) atoms. The van der Waals surface area contributed by atoms with Gasteiger partial charge in [-0.15, -0.1) is 0 Å². The van der Waals surface area contributed by atoms with Crippen molar-refractivity contribution in [3.8, 4) is 0 Å². The zero-order valence-electron chi connectivity index (χ0n) is 7.29. The fourth-order valence-electron chi connectivity index (χ4n) is 1.27. The van der Waals surface area contributed by atoms with Crippen LogP contribution >= 0.6 is 0 Å². The van der Waals surface area contributed by atoms with Crippen molar-refractivity contribution in [1.82, 2.24) is 0 Å². The van der Waals surface area contributed by atoms with Crippen LogP contribution in [0.2, 0.25) is 0 Å². The standard InChI is InChI=1S/C10H15NO/c11-6-4-9-2-1-3-10(8-9)5-7-12/h1-3,8,12H,4-7,11H2/p+1. The number of aliphatic hydroxyl groups excluding tert-OH is 1. The minimum absolute atomic E-state index is 0.230. The van der Waals surface area contributed by atoms with Crippen LogP contribution < -0.4 is 5.73 Å². The molecule has 2 heteroatoms. The normalized spacial score (nSPS) is 10.2. The molecule has 0 unspecified atom stereocenters. The summed E-state index contributed by atoms with van der Waals surface area (Å²) in [6.07, 6.45) is 1.78. The summed E-state index contributed by atoms with van der Waals surface area (Å²) >= 11 is 0. The van der Waals surface area contributed by atoms with Crippen molar-refractivity contribution in [1.29, 1.82) is 0 Å². The van der Waals surface area contributed by atoms with E-state index in [0.29, 0.717) is 0 Å². The van der Waals surface area contributed by atoms with Gasteiger partial charge in [-0.25, -0.2) is 0 Å². The molecule has 0 saturated carbocycles. The molecular formula is C10H16NO+. The molecule has 0 atom stereocenters. The first-order valence-electron chi connectivity index (χ1n) is 4.34. The minimum Gasteiger partial charge on any atom is -0.396 e. The molecular weight excluding hydrogens is 150 g/mol. The zero-order valence-corrected chi connectivity index (χ0v) is 7.29. The van der Waals surface area contributed by atoms with Crippen molar-refractivity contribution in [2.45, 2.75) is 12.8 Å². The molecule has 0 aliphatic rings. The van der Waals surface area contributed by atoms with Crippen LogP contribution in [0.15, 0.2) is 24.3 Å². The van der Waals surface area contributed by atoms with E-state index in [1.807, 2.05) is 12.1 Å². The van der Waals surface area contributed by atoms with Crippen LogP contribution in [0.25, 0.3) is 0 Å². The quantitative estimate of drug-likeness (QED) is 0.650. The Balaban J connectivity index is 2.67. The van der Waals surface area contributed by atoms with Crippen molar-refractivity contribution in [2.24, 2.45) is 0 Å². The van der Waals surface area contributed by atoms with Gasteiger partial charge in [0.2, 0.25) is 0 Å². The predicted molar refractivity (Wildman–Crippen MR) is 48.7 cm³/mol. The van der Waals surface area contributed by atoms with Crippen molar-refractivity contribution >= 4 is 0 Å². The van der Waals surface area contributed by atoms with Crippen LogP contribution in [0.5, 0.6) is 0 Å². The molecule has 2 nitrogen and oxygen atoms in total. The third-order valence-electron chi connectivity index (χ3n) is 1.86. The molecule has 0 radical (unpaired) electrons. The summed E-state index contributed by atoms with van der Waals surface area (Å²) in [5.74, 6) is 0. The van der Waals surface area contributed by atoms with E-state index >= 15 is 0 Å².